The average molecular weight is 414 g/mol. The number of anilines is 2. The van der Waals surface area contributed by atoms with Gasteiger partial charge in [0.25, 0.3) is 5.91 Å². The summed E-state index contributed by atoms with van der Waals surface area (Å²) in [7, 11) is 0. The fourth-order valence-electron chi connectivity index (χ4n) is 3.92. The summed E-state index contributed by atoms with van der Waals surface area (Å²) in [6, 6.07) is 26.2. The molecule has 2 N–H and O–H groups in total. The monoisotopic (exact) mass is 413 g/mol. The SMILES string of the molecule is O=C(C[C@H](NC(=O)c1ccccc1)c1ccccc1)Nc1cccc(N2CCCC2)c1. The van der Waals surface area contributed by atoms with Crippen LogP contribution in [0.4, 0.5) is 11.4 Å². The Hall–Kier alpha value is -3.60. The van der Waals surface area contributed by atoms with E-state index in [2.05, 4.69) is 21.6 Å². The molecule has 1 aliphatic rings. The van der Waals surface area contributed by atoms with E-state index in [9.17, 15) is 9.59 Å². The van der Waals surface area contributed by atoms with Crippen molar-refractivity contribution in [3.8, 4) is 0 Å². The van der Waals surface area contributed by atoms with E-state index in [0.717, 1.165) is 30.0 Å². The number of amides is 2. The molecule has 5 heteroatoms. The third-order valence-corrected chi connectivity index (χ3v) is 5.53. The summed E-state index contributed by atoms with van der Waals surface area (Å²) >= 11 is 0. The second-order valence-electron chi connectivity index (χ2n) is 7.80. The average Bonchev–Trinajstić information content (AvgIpc) is 3.35. The molecule has 0 unspecified atom stereocenters. The van der Waals surface area contributed by atoms with Gasteiger partial charge in [0.15, 0.2) is 0 Å². The predicted octanol–water partition coefficient (Wildman–Crippen LogP) is 4.79. The lowest BCUT2D eigenvalue weighted by molar-refractivity contribution is -0.116. The Kier molecular flexibility index (Phi) is 6.62. The normalized spacial score (nSPS) is 14.1. The molecule has 1 aliphatic heterocycles. The van der Waals surface area contributed by atoms with Crippen LogP contribution in [0.5, 0.6) is 0 Å². The number of hydrogen-bond acceptors (Lipinski definition) is 3. The Morgan fingerprint density at radius 3 is 2.23 bits per heavy atom. The highest BCUT2D eigenvalue weighted by atomic mass is 16.2. The molecule has 4 rings (SSSR count). The van der Waals surface area contributed by atoms with Crippen LogP contribution in [0.1, 0.15) is 41.2 Å². The highest BCUT2D eigenvalue weighted by Gasteiger charge is 2.20. The van der Waals surface area contributed by atoms with E-state index in [4.69, 9.17) is 0 Å². The van der Waals surface area contributed by atoms with Gasteiger partial charge in [-0.2, -0.15) is 0 Å². The number of rotatable bonds is 7. The summed E-state index contributed by atoms with van der Waals surface area (Å²) in [6.45, 7) is 2.11. The fourth-order valence-corrected chi connectivity index (χ4v) is 3.92. The molecule has 0 aliphatic carbocycles. The molecular formula is C26H27N3O2. The van der Waals surface area contributed by atoms with Crippen LogP contribution in [0.25, 0.3) is 0 Å². The Bertz CT molecular complexity index is 1020. The third kappa shape index (κ3) is 5.51. The van der Waals surface area contributed by atoms with Gasteiger partial charge < -0.3 is 15.5 Å². The van der Waals surface area contributed by atoms with Gasteiger partial charge in [-0.1, -0.05) is 54.6 Å². The molecule has 31 heavy (non-hydrogen) atoms. The van der Waals surface area contributed by atoms with Gasteiger partial charge in [0.1, 0.15) is 0 Å². The summed E-state index contributed by atoms with van der Waals surface area (Å²) in [5.74, 6) is -0.334. The number of benzene rings is 3. The first-order valence-corrected chi connectivity index (χ1v) is 10.7. The summed E-state index contributed by atoms with van der Waals surface area (Å²) in [6.07, 6.45) is 2.56. The molecule has 1 heterocycles. The Balaban J connectivity index is 1.46. The van der Waals surface area contributed by atoms with Crippen molar-refractivity contribution in [2.45, 2.75) is 25.3 Å². The molecule has 0 saturated carbocycles. The first kappa shape index (κ1) is 20.7. The molecule has 3 aromatic carbocycles. The molecule has 0 bridgehead atoms. The number of hydrogen-bond donors (Lipinski definition) is 2. The van der Waals surface area contributed by atoms with Gasteiger partial charge in [-0.25, -0.2) is 0 Å². The van der Waals surface area contributed by atoms with Crippen LogP contribution in [-0.2, 0) is 4.79 Å². The molecule has 158 valence electrons. The van der Waals surface area contributed by atoms with Gasteiger partial charge in [-0.3, -0.25) is 9.59 Å². The van der Waals surface area contributed by atoms with E-state index in [-0.39, 0.29) is 18.2 Å². The summed E-state index contributed by atoms with van der Waals surface area (Å²) in [4.78, 5) is 27.9. The highest BCUT2D eigenvalue weighted by Crippen LogP contribution is 2.24. The van der Waals surface area contributed by atoms with Crippen LogP contribution in [0.3, 0.4) is 0 Å². The summed E-state index contributed by atoms with van der Waals surface area (Å²) < 4.78 is 0. The predicted molar refractivity (Wildman–Crippen MR) is 124 cm³/mol. The van der Waals surface area contributed by atoms with E-state index >= 15 is 0 Å². The highest BCUT2D eigenvalue weighted by molar-refractivity contribution is 5.96. The third-order valence-electron chi connectivity index (χ3n) is 5.53. The van der Waals surface area contributed by atoms with Crippen molar-refractivity contribution in [2.75, 3.05) is 23.3 Å². The number of nitrogens with zero attached hydrogens (tertiary/aromatic N) is 1. The van der Waals surface area contributed by atoms with Gasteiger partial charge in [-0.15, -0.1) is 0 Å². The van der Waals surface area contributed by atoms with Crippen LogP contribution in [-0.4, -0.2) is 24.9 Å². The van der Waals surface area contributed by atoms with Crippen molar-refractivity contribution in [2.24, 2.45) is 0 Å². The maximum absolute atomic E-state index is 12.9. The quantitative estimate of drug-likeness (QED) is 0.586. The molecule has 0 radical (unpaired) electrons. The zero-order valence-electron chi connectivity index (χ0n) is 17.5. The van der Waals surface area contributed by atoms with Gasteiger partial charge in [0.05, 0.1) is 12.5 Å². The molecule has 0 spiro atoms. The first-order chi connectivity index (χ1) is 15.2. The fraction of sp³-hybridized carbons (Fsp3) is 0.231. The Labute approximate surface area is 183 Å². The van der Waals surface area contributed by atoms with Crippen LogP contribution in [0, 0.1) is 0 Å². The largest absolute Gasteiger partial charge is 0.371 e. The second kappa shape index (κ2) is 9.94. The minimum absolute atomic E-state index is 0.138. The minimum Gasteiger partial charge on any atom is -0.371 e. The van der Waals surface area contributed by atoms with Crippen LogP contribution in [0.15, 0.2) is 84.9 Å². The molecule has 0 aromatic heterocycles. The van der Waals surface area contributed by atoms with Crippen LogP contribution in [0.2, 0.25) is 0 Å². The maximum atomic E-state index is 12.9. The van der Waals surface area contributed by atoms with Crippen molar-refractivity contribution in [3.05, 3.63) is 96.1 Å². The zero-order valence-corrected chi connectivity index (χ0v) is 17.5. The number of carbonyl (C=O) groups is 2. The maximum Gasteiger partial charge on any atom is 0.251 e. The molecule has 3 aromatic rings. The number of nitrogens with one attached hydrogen (secondary N) is 2. The van der Waals surface area contributed by atoms with Gasteiger partial charge in [-0.05, 0) is 48.7 Å². The molecule has 1 saturated heterocycles. The zero-order chi connectivity index (χ0) is 21.5. The molecule has 1 atom stereocenters. The van der Waals surface area contributed by atoms with E-state index in [1.807, 2.05) is 66.7 Å². The van der Waals surface area contributed by atoms with E-state index in [1.165, 1.54) is 12.8 Å². The van der Waals surface area contributed by atoms with Crippen molar-refractivity contribution < 1.29 is 9.59 Å². The van der Waals surface area contributed by atoms with E-state index in [1.54, 1.807) is 12.1 Å². The lowest BCUT2D eigenvalue weighted by atomic mass is 10.0. The molecule has 5 nitrogen and oxygen atoms in total. The lowest BCUT2D eigenvalue weighted by Gasteiger charge is -2.20. The Morgan fingerprint density at radius 1 is 0.839 bits per heavy atom. The summed E-state index contributed by atoms with van der Waals surface area (Å²) in [5.41, 5.74) is 3.37. The van der Waals surface area contributed by atoms with Crippen molar-refractivity contribution in [1.29, 1.82) is 0 Å². The van der Waals surface area contributed by atoms with Crippen molar-refractivity contribution >= 4 is 23.2 Å². The minimum atomic E-state index is -0.421. The smallest absolute Gasteiger partial charge is 0.251 e. The van der Waals surface area contributed by atoms with Gasteiger partial charge >= 0.3 is 0 Å². The topological polar surface area (TPSA) is 61.4 Å². The lowest BCUT2D eigenvalue weighted by Crippen LogP contribution is -2.31. The van der Waals surface area contributed by atoms with E-state index in [0.29, 0.717) is 5.56 Å². The summed E-state index contributed by atoms with van der Waals surface area (Å²) in [5, 5.41) is 6.02. The van der Waals surface area contributed by atoms with Crippen molar-refractivity contribution in [3.63, 3.8) is 0 Å². The first-order valence-electron chi connectivity index (χ1n) is 10.7. The van der Waals surface area contributed by atoms with Crippen LogP contribution < -0.4 is 15.5 Å². The van der Waals surface area contributed by atoms with Crippen molar-refractivity contribution in [1.82, 2.24) is 5.32 Å². The standard InChI is InChI=1S/C26H27N3O2/c30-25(27-22-14-9-15-23(18-22)29-16-7-8-17-29)19-24(20-10-3-1-4-11-20)28-26(31)21-12-5-2-6-13-21/h1-6,9-15,18,24H,7-8,16-17,19H2,(H,27,30)(H,28,31)/t24-/m0/s1. The molecular weight excluding hydrogens is 386 g/mol. The Morgan fingerprint density at radius 2 is 1.52 bits per heavy atom. The second-order valence-corrected chi connectivity index (χ2v) is 7.80. The molecule has 2 amide bonds. The van der Waals surface area contributed by atoms with E-state index < -0.39 is 6.04 Å². The van der Waals surface area contributed by atoms with Gasteiger partial charge in [0, 0.05) is 30.0 Å². The van der Waals surface area contributed by atoms with Crippen LogP contribution >= 0.6 is 0 Å². The van der Waals surface area contributed by atoms with Gasteiger partial charge in [0.2, 0.25) is 5.91 Å². The molecule has 1 fully saturated rings. The number of carbonyl (C=O) groups excluding carboxylic acids is 2.